The van der Waals surface area contributed by atoms with Crippen molar-refractivity contribution >= 4 is 30.7 Å². The summed E-state index contributed by atoms with van der Waals surface area (Å²) in [5.41, 5.74) is 2.05. The molecule has 2 aromatic rings. The maximum atomic E-state index is 13.7. The van der Waals surface area contributed by atoms with E-state index < -0.39 is 6.10 Å². The zero-order chi connectivity index (χ0) is 19.3. The van der Waals surface area contributed by atoms with Gasteiger partial charge in [0.2, 0.25) is 0 Å². The van der Waals surface area contributed by atoms with Gasteiger partial charge in [0.25, 0.3) is 5.91 Å². The van der Waals surface area contributed by atoms with Crippen LogP contribution in [0.3, 0.4) is 0 Å². The highest BCUT2D eigenvalue weighted by molar-refractivity contribution is 5.85. The van der Waals surface area contributed by atoms with Crippen LogP contribution in [0.25, 0.3) is 0 Å². The van der Waals surface area contributed by atoms with Crippen molar-refractivity contribution in [3.8, 4) is 0 Å². The van der Waals surface area contributed by atoms with Crippen LogP contribution in [0.1, 0.15) is 17.2 Å². The average Bonchev–Trinajstić information content (AvgIpc) is 2.74. The summed E-state index contributed by atoms with van der Waals surface area (Å²) in [6.45, 7) is 4.69. The van der Waals surface area contributed by atoms with E-state index in [0.29, 0.717) is 26.2 Å². The monoisotopic (exact) mass is 455 g/mol. The number of carbonyl (C=O) groups is 1. The van der Waals surface area contributed by atoms with Gasteiger partial charge in [0, 0.05) is 39.3 Å². The molecule has 5 nitrogen and oxygen atoms in total. The molecule has 30 heavy (non-hydrogen) atoms. The van der Waals surface area contributed by atoms with Crippen molar-refractivity contribution < 1.29 is 13.9 Å². The van der Waals surface area contributed by atoms with Gasteiger partial charge in [0.1, 0.15) is 11.9 Å². The third-order valence-electron chi connectivity index (χ3n) is 5.43. The number of piperazine rings is 1. The first-order valence-electron chi connectivity index (χ1n) is 9.85. The second kappa shape index (κ2) is 11.6. The Morgan fingerprint density at radius 3 is 2.67 bits per heavy atom. The quantitative estimate of drug-likeness (QED) is 0.769. The number of hydrogen-bond donors (Lipinski definition) is 1. The van der Waals surface area contributed by atoms with Gasteiger partial charge in [-0.25, -0.2) is 4.39 Å². The van der Waals surface area contributed by atoms with Crippen LogP contribution in [0.4, 0.5) is 4.39 Å². The Balaban J connectivity index is 0.00000160. The first-order chi connectivity index (χ1) is 13.7. The molecule has 0 spiro atoms. The smallest absolute Gasteiger partial charge is 0.253 e. The fourth-order valence-corrected chi connectivity index (χ4v) is 4.00. The van der Waals surface area contributed by atoms with E-state index in [1.807, 2.05) is 29.2 Å². The molecule has 2 atom stereocenters. The molecule has 2 unspecified atom stereocenters. The standard InChI is InChI=1S/C22H26FN3O2.2ClH/c23-19-8-4-7-18(13-19)20-14-24-9-10-26(20)22(27)21-16-25(11-12-28-21)15-17-5-2-1-3-6-17;;/h1-8,13,20-21,24H,9-12,14-16H2;2*1H. The van der Waals surface area contributed by atoms with Crippen molar-refractivity contribution in [3.05, 3.63) is 71.5 Å². The second-order valence-corrected chi connectivity index (χ2v) is 7.39. The summed E-state index contributed by atoms with van der Waals surface area (Å²) < 4.78 is 19.5. The van der Waals surface area contributed by atoms with Crippen molar-refractivity contribution in [1.29, 1.82) is 0 Å². The minimum absolute atomic E-state index is 0. The lowest BCUT2D eigenvalue weighted by Gasteiger charge is -2.40. The molecule has 0 bridgehead atoms. The Morgan fingerprint density at radius 1 is 1.10 bits per heavy atom. The number of benzene rings is 2. The number of nitrogens with one attached hydrogen (secondary N) is 1. The summed E-state index contributed by atoms with van der Waals surface area (Å²) in [4.78, 5) is 17.4. The maximum absolute atomic E-state index is 13.7. The van der Waals surface area contributed by atoms with Crippen molar-refractivity contribution in [2.24, 2.45) is 0 Å². The highest BCUT2D eigenvalue weighted by Crippen LogP contribution is 2.25. The maximum Gasteiger partial charge on any atom is 0.253 e. The molecule has 2 fully saturated rings. The molecule has 164 valence electrons. The predicted octanol–water partition coefficient (Wildman–Crippen LogP) is 3.04. The van der Waals surface area contributed by atoms with Crippen LogP contribution in [0.15, 0.2) is 54.6 Å². The van der Waals surface area contributed by atoms with Crippen LogP contribution in [-0.2, 0) is 16.1 Å². The zero-order valence-corrected chi connectivity index (χ0v) is 18.3. The van der Waals surface area contributed by atoms with E-state index in [4.69, 9.17) is 4.74 Å². The van der Waals surface area contributed by atoms with Crippen molar-refractivity contribution in [1.82, 2.24) is 15.1 Å². The fourth-order valence-electron chi connectivity index (χ4n) is 4.00. The number of ether oxygens (including phenoxy) is 1. The molecule has 2 aliphatic heterocycles. The zero-order valence-electron chi connectivity index (χ0n) is 16.7. The normalized spacial score (nSPS) is 22.0. The third kappa shape index (κ3) is 5.93. The van der Waals surface area contributed by atoms with Gasteiger partial charge >= 0.3 is 0 Å². The number of amides is 1. The minimum atomic E-state index is -0.480. The highest BCUT2D eigenvalue weighted by Gasteiger charge is 2.35. The molecule has 1 amide bonds. The van der Waals surface area contributed by atoms with Gasteiger partial charge in [-0.05, 0) is 23.3 Å². The molecule has 8 heteroatoms. The first-order valence-corrected chi connectivity index (χ1v) is 9.85. The highest BCUT2D eigenvalue weighted by atomic mass is 35.5. The van der Waals surface area contributed by atoms with Crippen molar-refractivity contribution in [2.75, 3.05) is 39.3 Å². The number of hydrogen-bond acceptors (Lipinski definition) is 4. The minimum Gasteiger partial charge on any atom is -0.366 e. The summed E-state index contributed by atoms with van der Waals surface area (Å²) in [5, 5.41) is 3.31. The van der Waals surface area contributed by atoms with Crippen molar-refractivity contribution in [2.45, 2.75) is 18.7 Å². The van der Waals surface area contributed by atoms with Crippen LogP contribution in [0.5, 0.6) is 0 Å². The Labute approximate surface area is 189 Å². The van der Waals surface area contributed by atoms with Crippen LogP contribution >= 0.6 is 24.8 Å². The Hall–Kier alpha value is -1.70. The number of halogens is 3. The van der Waals surface area contributed by atoms with Gasteiger partial charge in [-0.15, -0.1) is 24.8 Å². The predicted molar refractivity (Wildman–Crippen MR) is 120 cm³/mol. The molecule has 2 heterocycles. The Kier molecular flexibility index (Phi) is 9.52. The van der Waals surface area contributed by atoms with Gasteiger partial charge in [-0.2, -0.15) is 0 Å². The third-order valence-corrected chi connectivity index (χ3v) is 5.43. The molecule has 0 radical (unpaired) electrons. The average molecular weight is 456 g/mol. The van der Waals surface area contributed by atoms with E-state index in [1.54, 1.807) is 6.07 Å². The first kappa shape index (κ1) is 24.6. The Bertz CT molecular complexity index is 812. The van der Waals surface area contributed by atoms with Gasteiger partial charge < -0.3 is 15.0 Å². The van der Waals surface area contributed by atoms with Gasteiger partial charge in [-0.3, -0.25) is 9.69 Å². The fraction of sp³-hybridized carbons (Fsp3) is 0.409. The van der Waals surface area contributed by atoms with Crippen LogP contribution in [0, 0.1) is 5.82 Å². The van der Waals surface area contributed by atoms with Crippen LogP contribution < -0.4 is 5.32 Å². The molecule has 0 aromatic heterocycles. The van der Waals surface area contributed by atoms with E-state index >= 15 is 0 Å². The molecule has 2 saturated heterocycles. The molecular formula is C22H28Cl2FN3O2. The number of morpholine rings is 1. The second-order valence-electron chi connectivity index (χ2n) is 7.39. The lowest BCUT2D eigenvalue weighted by molar-refractivity contribution is -0.153. The van der Waals surface area contributed by atoms with Crippen LogP contribution in [0.2, 0.25) is 0 Å². The van der Waals surface area contributed by atoms with E-state index in [-0.39, 0.29) is 42.6 Å². The van der Waals surface area contributed by atoms with E-state index in [0.717, 1.165) is 25.2 Å². The molecular weight excluding hydrogens is 428 g/mol. The largest absolute Gasteiger partial charge is 0.366 e. The molecule has 0 saturated carbocycles. The molecule has 2 aliphatic rings. The molecule has 0 aliphatic carbocycles. The number of carbonyl (C=O) groups excluding carboxylic acids is 1. The van der Waals surface area contributed by atoms with Crippen LogP contribution in [-0.4, -0.2) is 61.1 Å². The van der Waals surface area contributed by atoms with Gasteiger partial charge in [0.15, 0.2) is 0 Å². The lowest BCUT2D eigenvalue weighted by Crippen LogP contribution is -2.56. The van der Waals surface area contributed by atoms with E-state index in [2.05, 4.69) is 22.3 Å². The number of nitrogens with zero attached hydrogens (tertiary/aromatic N) is 2. The summed E-state index contributed by atoms with van der Waals surface area (Å²) in [6, 6.07) is 16.6. The molecule has 1 N–H and O–H groups in total. The summed E-state index contributed by atoms with van der Waals surface area (Å²) in [5.74, 6) is -0.285. The summed E-state index contributed by atoms with van der Waals surface area (Å²) in [7, 11) is 0. The number of rotatable bonds is 4. The Morgan fingerprint density at radius 2 is 1.90 bits per heavy atom. The summed E-state index contributed by atoms with van der Waals surface area (Å²) >= 11 is 0. The van der Waals surface area contributed by atoms with Gasteiger partial charge in [0.05, 0.1) is 12.6 Å². The lowest BCUT2D eigenvalue weighted by atomic mass is 10.0. The van der Waals surface area contributed by atoms with E-state index in [9.17, 15) is 9.18 Å². The SMILES string of the molecule is Cl.Cl.O=C(C1CN(Cc2ccccc2)CCO1)N1CCNCC1c1cccc(F)c1. The molecule has 4 rings (SSSR count). The molecule has 2 aromatic carbocycles. The topological polar surface area (TPSA) is 44.8 Å². The summed E-state index contributed by atoms with van der Waals surface area (Å²) in [6.07, 6.45) is -0.480. The van der Waals surface area contributed by atoms with Crippen molar-refractivity contribution in [3.63, 3.8) is 0 Å². The van der Waals surface area contributed by atoms with Gasteiger partial charge in [-0.1, -0.05) is 42.5 Å². The van der Waals surface area contributed by atoms with E-state index in [1.165, 1.54) is 17.7 Å².